The van der Waals surface area contributed by atoms with Crippen molar-refractivity contribution in [2.45, 2.75) is 44.1 Å². The molecule has 0 amide bonds. The Bertz CT molecular complexity index is 386. The minimum absolute atomic E-state index is 0.357. The number of fused-ring (bicyclic) bond motifs is 2. The van der Waals surface area contributed by atoms with Crippen molar-refractivity contribution in [2.24, 2.45) is 17.6 Å². The van der Waals surface area contributed by atoms with E-state index in [0.717, 1.165) is 5.92 Å². The Labute approximate surface area is 103 Å². The van der Waals surface area contributed by atoms with Gasteiger partial charge in [-0.3, -0.25) is 0 Å². The van der Waals surface area contributed by atoms with Crippen LogP contribution < -0.4 is 5.73 Å². The number of hydrogen-bond acceptors (Lipinski definition) is 2. The monoisotopic (exact) mass is 231 g/mol. The predicted octanol–water partition coefficient (Wildman–Crippen LogP) is 3.01. The molecule has 2 aliphatic carbocycles. The molecule has 92 valence electrons. The second kappa shape index (κ2) is 4.34. The van der Waals surface area contributed by atoms with Crippen LogP contribution in [-0.4, -0.2) is 11.1 Å². The Morgan fingerprint density at radius 1 is 1.00 bits per heavy atom. The predicted molar refractivity (Wildman–Crippen MR) is 68.9 cm³/mol. The van der Waals surface area contributed by atoms with E-state index in [-0.39, 0.29) is 0 Å². The van der Waals surface area contributed by atoms with E-state index in [2.05, 4.69) is 12.1 Å². The molecule has 0 aliphatic heterocycles. The first-order valence-electron chi connectivity index (χ1n) is 6.80. The lowest BCUT2D eigenvalue weighted by molar-refractivity contribution is 0.128. The van der Waals surface area contributed by atoms with Gasteiger partial charge < -0.3 is 10.8 Å². The van der Waals surface area contributed by atoms with Gasteiger partial charge >= 0.3 is 0 Å². The zero-order valence-corrected chi connectivity index (χ0v) is 10.2. The van der Waals surface area contributed by atoms with Gasteiger partial charge in [-0.15, -0.1) is 0 Å². The van der Waals surface area contributed by atoms with Gasteiger partial charge in [-0.1, -0.05) is 18.6 Å². The van der Waals surface area contributed by atoms with Gasteiger partial charge in [0.05, 0.1) is 0 Å². The maximum Gasteiger partial charge on any atom is 0.115 e. The van der Waals surface area contributed by atoms with E-state index in [4.69, 9.17) is 5.73 Å². The van der Waals surface area contributed by atoms with Crippen molar-refractivity contribution >= 4 is 0 Å². The molecule has 2 bridgehead atoms. The average Bonchev–Trinajstić information content (AvgIpc) is 2.31. The molecule has 4 unspecified atom stereocenters. The summed E-state index contributed by atoms with van der Waals surface area (Å²) in [4.78, 5) is 0. The number of aromatic hydroxyl groups is 1. The number of benzene rings is 1. The molecular formula is C15H21NO. The molecule has 1 aromatic carbocycles. The molecule has 2 fully saturated rings. The first-order chi connectivity index (χ1) is 8.25. The maximum absolute atomic E-state index is 9.36. The lowest BCUT2D eigenvalue weighted by Crippen LogP contribution is -2.46. The topological polar surface area (TPSA) is 46.2 Å². The highest BCUT2D eigenvalue weighted by Gasteiger charge is 2.40. The summed E-state index contributed by atoms with van der Waals surface area (Å²) in [6.07, 6.45) is 6.51. The maximum atomic E-state index is 9.36. The van der Waals surface area contributed by atoms with Crippen LogP contribution in [0.1, 0.15) is 43.6 Å². The van der Waals surface area contributed by atoms with E-state index in [9.17, 15) is 5.11 Å². The smallest absolute Gasteiger partial charge is 0.115 e. The van der Waals surface area contributed by atoms with Crippen LogP contribution in [0.4, 0.5) is 0 Å². The summed E-state index contributed by atoms with van der Waals surface area (Å²) in [5.74, 6) is 2.40. The second-order valence-electron chi connectivity index (χ2n) is 5.71. The summed E-state index contributed by atoms with van der Waals surface area (Å²) in [7, 11) is 0. The van der Waals surface area contributed by atoms with Crippen molar-refractivity contribution in [2.75, 3.05) is 0 Å². The summed E-state index contributed by atoms with van der Waals surface area (Å²) in [5, 5.41) is 9.36. The number of phenols is 1. The summed E-state index contributed by atoms with van der Waals surface area (Å²) >= 11 is 0. The fourth-order valence-corrected chi connectivity index (χ4v) is 3.90. The van der Waals surface area contributed by atoms with Crippen LogP contribution in [0.15, 0.2) is 24.3 Å². The molecule has 2 heteroatoms. The third kappa shape index (κ3) is 1.95. The van der Waals surface area contributed by atoms with Crippen molar-refractivity contribution in [3.05, 3.63) is 29.8 Å². The first kappa shape index (κ1) is 11.1. The largest absolute Gasteiger partial charge is 0.508 e. The number of phenolic OH excluding ortho intramolecular Hbond substituents is 1. The summed E-state index contributed by atoms with van der Waals surface area (Å²) in [6, 6.07) is 8.14. The zero-order valence-electron chi connectivity index (χ0n) is 10.2. The SMILES string of the molecule is NC1C2CCCC1C(c1ccc(O)cc1)CC2. The molecule has 0 heterocycles. The van der Waals surface area contributed by atoms with Crippen LogP contribution in [0.2, 0.25) is 0 Å². The minimum atomic E-state index is 0.357. The van der Waals surface area contributed by atoms with Gasteiger partial charge in [-0.25, -0.2) is 0 Å². The van der Waals surface area contributed by atoms with Crippen LogP contribution in [-0.2, 0) is 0 Å². The fraction of sp³-hybridized carbons (Fsp3) is 0.600. The molecule has 2 aliphatic rings. The molecular weight excluding hydrogens is 210 g/mol. The average molecular weight is 231 g/mol. The van der Waals surface area contributed by atoms with Gasteiger partial charge in [0.25, 0.3) is 0 Å². The molecule has 0 spiro atoms. The lowest BCUT2D eigenvalue weighted by Gasteiger charge is -2.45. The quantitative estimate of drug-likeness (QED) is 0.780. The fourth-order valence-electron chi connectivity index (χ4n) is 3.90. The summed E-state index contributed by atoms with van der Waals surface area (Å²) in [5.41, 5.74) is 7.76. The van der Waals surface area contributed by atoms with Crippen LogP contribution in [0.3, 0.4) is 0 Å². The van der Waals surface area contributed by atoms with Gasteiger partial charge in [0.1, 0.15) is 5.75 Å². The molecule has 1 aromatic rings. The van der Waals surface area contributed by atoms with E-state index in [1.165, 1.54) is 37.7 Å². The molecule has 4 atom stereocenters. The van der Waals surface area contributed by atoms with Gasteiger partial charge in [0, 0.05) is 6.04 Å². The van der Waals surface area contributed by atoms with E-state index < -0.39 is 0 Å². The standard InChI is InChI=1S/C15H21NO/c16-15-11-2-1-3-14(15)13(9-6-11)10-4-7-12(17)8-5-10/h4-5,7-8,11,13-15,17H,1-3,6,9,16H2. The van der Waals surface area contributed by atoms with Gasteiger partial charge in [-0.05, 0) is 61.1 Å². The molecule has 2 nitrogen and oxygen atoms in total. The number of rotatable bonds is 1. The van der Waals surface area contributed by atoms with Gasteiger partial charge in [0.2, 0.25) is 0 Å². The second-order valence-corrected chi connectivity index (χ2v) is 5.71. The van der Waals surface area contributed by atoms with Gasteiger partial charge in [-0.2, -0.15) is 0 Å². The van der Waals surface area contributed by atoms with E-state index in [0.29, 0.717) is 23.6 Å². The van der Waals surface area contributed by atoms with E-state index in [1.54, 1.807) is 12.1 Å². The Balaban J connectivity index is 1.85. The van der Waals surface area contributed by atoms with Crippen molar-refractivity contribution in [1.82, 2.24) is 0 Å². The van der Waals surface area contributed by atoms with E-state index >= 15 is 0 Å². The van der Waals surface area contributed by atoms with Crippen molar-refractivity contribution in [3.63, 3.8) is 0 Å². The van der Waals surface area contributed by atoms with E-state index in [1.807, 2.05) is 0 Å². The molecule has 3 rings (SSSR count). The van der Waals surface area contributed by atoms with Crippen LogP contribution in [0.5, 0.6) is 5.75 Å². The highest BCUT2D eigenvalue weighted by molar-refractivity contribution is 5.29. The molecule has 0 radical (unpaired) electrons. The highest BCUT2D eigenvalue weighted by Crippen LogP contribution is 2.47. The van der Waals surface area contributed by atoms with Crippen molar-refractivity contribution < 1.29 is 5.11 Å². The number of nitrogens with two attached hydrogens (primary N) is 1. The van der Waals surface area contributed by atoms with Crippen molar-refractivity contribution in [1.29, 1.82) is 0 Å². The number of hydrogen-bond donors (Lipinski definition) is 2. The zero-order chi connectivity index (χ0) is 11.8. The molecule has 0 saturated heterocycles. The third-order valence-corrected chi connectivity index (χ3v) is 4.84. The Morgan fingerprint density at radius 3 is 2.53 bits per heavy atom. The molecule has 0 aromatic heterocycles. The van der Waals surface area contributed by atoms with Crippen LogP contribution in [0, 0.1) is 11.8 Å². The first-order valence-corrected chi connectivity index (χ1v) is 6.80. The normalized spacial score (nSPS) is 36.8. The minimum Gasteiger partial charge on any atom is -0.508 e. The summed E-state index contributed by atoms with van der Waals surface area (Å²) in [6.45, 7) is 0. The van der Waals surface area contributed by atoms with Crippen LogP contribution >= 0.6 is 0 Å². The van der Waals surface area contributed by atoms with Crippen LogP contribution in [0.25, 0.3) is 0 Å². The molecule has 3 N–H and O–H groups in total. The Morgan fingerprint density at radius 2 is 1.76 bits per heavy atom. The third-order valence-electron chi connectivity index (χ3n) is 4.84. The molecule has 2 saturated carbocycles. The van der Waals surface area contributed by atoms with Crippen molar-refractivity contribution in [3.8, 4) is 5.75 Å². The summed E-state index contributed by atoms with van der Waals surface area (Å²) < 4.78 is 0. The Kier molecular flexibility index (Phi) is 2.83. The highest BCUT2D eigenvalue weighted by atomic mass is 16.3. The van der Waals surface area contributed by atoms with Gasteiger partial charge in [0.15, 0.2) is 0 Å². The lowest BCUT2D eigenvalue weighted by atomic mass is 9.62. The molecule has 17 heavy (non-hydrogen) atoms. The Hall–Kier alpha value is -1.02.